The maximum absolute atomic E-state index is 5.49. The van der Waals surface area contributed by atoms with Gasteiger partial charge in [0.25, 0.3) is 0 Å². The minimum absolute atomic E-state index is 0.298. The number of rotatable bonds is 9. The second-order valence-electron chi connectivity index (χ2n) is 2.39. The van der Waals surface area contributed by atoms with Crippen molar-refractivity contribution in [2.24, 2.45) is 0 Å². The smallest absolute Gasteiger partial charge is 0.248 e. The Labute approximate surface area is 121 Å². The van der Waals surface area contributed by atoms with E-state index in [0.717, 1.165) is 10.8 Å². The SMILES string of the molecule is CCOP(=S)(OCC)SCSCC=C(Cl)Cl. The lowest BCUT2D eigenvalue weighted by Gasteiger charge is -2.19. The minimum atomic E-state index is -2.14. The van der Waals surface area contributed by atoms with Crippen molar-refractivity contribution in [3.63, 3.8) is 0 Å². The predicted molar refractivity (Wildman–Crippen MR) is 82.2 cm³/mol. The normalized spacial score (nSPS) is 11.5. The van der Waals surface area contributed by atoms with Crippen LogP contribution in [0.4, 0.5) is 0 Å². The molecule has 0 heterocycles. The van der Waals surface area contributed by atoms with Gasteiger partial charge < -0.3 is 9.05 Å². The Kier molecular flexibility index (Phi) is 11.6. The van der Waals surface area contributed by atoms with Gasteiger partial charge in [0.1, 0.15) is 4.49 Å². The van der Waals surface area contributed by atoms with Crippen molar-refractivity contribution < 1.29 is 9.05 Å². The molecule has 8 heteroatoms. The zero-order chi connectivity index (χ0) is 12.4. The summed E-state index contributed by atoms with van der Waals surface area (Å²) in [6.45, 7) is 5.01. The Hall–Kier alpha value is 1.59. The van der Waals surface area contributed by atoms with Gasteiger partial charge in [-0.25, -0.2) is 0 Å². The fourth-order valence-electron chi connectivity index (χ4n) is 0.700. The van der Waals surface area contributed by atoms with Gasteiger partial charge in [0.2, 0.25) is 5.69 Å². The van der Waals surface area contributed by atoms with Crippen LogP contribution in [-0.2, 0) is 20.9 Å². The summed E-state index contributed by atoms with van der Waals surface area (Å²) in [5, 5.41) is 0.814. The van der Waals surface area contributed by atoms with Crippen LogP contribution in [0.25, 0.3) is 0 Å². The van der Waals surface area contributed by atoms with Crippen LogP contribution in [-0.4, -0.2) is 24.1 Å². The van der Waals surface area contributed by atoms with Crippen molar-refractivity contribution in [2.45, 2.75) is 13.8 Å². The van der Waals surface area contributed by atoms with E-state index in [1.165, 1.54) is 0 Å². The van der Waals surface area contributed by atoms with Gasteiger partial charge in [-0.05, 0) is 31.7 Å². The third-order valence-electron chi connectivity index (χ3n) is 1.22. The largest absolute Gasteiger partial charge is 0.322 e. The van der Waals surface area contributed by atoms with E-state index >= 15 is 0 Å². The summed E-state index contributed by atoms with van der Waals surface area (Å²) in [5.74, 6) is 0.767. The third kappa shape index (κ3) is 9.60. The average Bonchev–Trinajstić information content (AvgIpc) is 2.17. The Morgan fingerprint density at radius 3 is 2.31 bits per heavy atom. The van der Waals surface area contributed by atoms with E-state index in [2.05, 4.69) is 0 Å². The van der Waals surface area contributed by atoms with Crippen molar-refractivity contribution in [1.82, 2.24) is 0 Å². The lowest BCUT2D eigenvalue weighted by molar-refractivity contribution is 0.280. The van der Waals surface area contributed by atoms with Gasteiger partial charge in [-0.3, -0.25) is 0 Å². The first-order chi connectivity index (χ1) is 7.54. The van der Waals surface area contributed by atoms with Crippen molar-refractivity contribution in [1.29, 1.82) is 0 Å². The van der Waals surface area contributed by atoms with Gasteiger partial charge >= 0.3 is 0 Å². The molecule has 2 nitrogen and oxygen atoms in total. The molecule has 0 unspecified atom stereocenters. The summed E-state index contributed by atoms with van der Waals surface area (Å²) < 4.78 is 11.3. The maximum Gasteiger partial charge on any atom is 0.248 e. The summed E-state index contributed by atoms with van der Waals surface area (Å²) in [4.78, 5) is 0. The molecule has 0 spiro atoms. The Balaban J connectivity index is 3.85. The topological polar surface area (TPSA) is 18.5 Å². The molecule has 0 bridgehead atoms. The molecule has 0 aliphatic rings. The second kappa shape index (κ2) is 10.5. The molecule has 0 aliphatic carbocycles. The van der Waals surface area contributed by atoms with Crippen LogP contribution >= 0.6 is 52.0 Å². The Morgan fingerprint density at radius 1 is 1.31 bits per heavy atom. The average molecular weight is 341 g/mol. The molecule has 0 fully saturated rings. The summed E-state index contributed by atoms with van der Waals surface area (Å²) in [5.41, 5.74) is -2.14. The van der Waals surface area contributed by atoms with Gasteiger partial charge in [-0.1, -0.05) is 34.6 Å². The molecular formula is C8H15Cl2O2PS3. The highest BCUT2D eigenvalue weighted by Gasteiger charge is 2.18. The number of hydrogen-bond acceptors (Lipinski definition) is 5. The molecular weight excluding hydrogens is 326 g/mol. The summed E-state index contributed by atoms with van der Waals surface area (Å²) in [7, 11) is 0. The van der Waals surface area contributed by atoms with E-state index in [1.54, 1.807) is 29.2 Å². The Morgan fingerprint density at radius 2 is 1.88 bits per heavy atom. The van der Waals surface area contributed by atoms with Crippen molar-refractivity contribution >= 4 is 63.8 Å². The molecule has 16 heavy (non-hydrogen) atoms. The van der Waals surface area contributed by atoms with E-state index in [-0.39, 0.29) is 0 Å². The quantitative estimate of drug-likeness (QED) is 0.332. The van der Waals surface area contributed by atoms with Crippen molar-refractivity contribution in [3.05, 3.63) is 10.6 Å². The molecule has 0 N–H and O–H groups in total. The molecule has 0 saturated carbocycles. The van der Waals surface area contributed by atoms with Gasteiger partial charge in [0.15, 0.2) is 0 Å². The molecule has 0 radical (unpaired) electrons. The first-order valence-corrected chi connectivity index (χ1v) is 10.8. The molecule has 0 atom stereocenters. The van der Waals surface area contributed by atoms with Crippen LogP contribution in [0.15, 0.2) is 10.6 Å². The standard InChI is InChI=1S/C8H15Cl2O2PS3/c1-3-11-13(14,12-4-2)16-7-15-6-5-8(9)10/h5H,3-4,6-7H2,1-2H3. The van der Waals surface area contributed by atoms with Crippen LogP contribution in [0.2, 0.25) is 0 Å². The molecule has 0 rings (SSSR count). The third-order valence-corrected chi connectivity index (χ3v) is 8.60. The lowest BCUT2D eigenvalue weighted by atomic mass is 10.8. The van der Waals surface area contributed by atoms with E-state index in [9.17, 15) is 0 Å². The van der Waals surface area contributed by atoms with E-state index in [4.69, 9.17) is 44.1 Å². The lowest BCUT2D eigenvalue weighted by Crippen LogP contribution is -1.92. The first-order valence-electron chi connectivity index (χ1n) is 4.66. The number of halogens is 2. The van der Waals surface area contributed by atoms with Crippen LogP contribution in [0.5, 0.6) is 0 Å². The molecule has 0 amide bonds. The van der Waals surface area contributed by atoms with Crippen LogP contribution in [0.1, 0.15) is 13.8 Å². The summed E-state index contributed by atoms with van der Waals surface area (Å²) in [6.07, 6.45) is 1.75. The van der Waals surface area contributed by atoms with Gasteiger partial charge in [-0.2, -0.15) is 0 Å². The molecule has 0 aliphatic heterocycles. The fourth-order valence-corrected chi connectivity index (χ4v) is 8.08. The minimum Gasteiger partial charge on any atom is -0.322 e. The molecule has 0 saturated heterocycles. The highest BCUT2D eigenvalue weighted by molar-refractivity contribution is 8.69. The van der Waals surface area contributed by atoms with Crippen LogP contribution in [0, 0.1) is 0 Å². The van der Waals surface area contributed by atoms with Gasteiger partial charge in [0, 0.05) is 10.8 Å². The van der Waals surface area contributed by atoms with Crippen LogP contribution < -0.4 is 0 Å². The summed E-state index contributed by atoms with van der Waals surface area (Å²) >= 11 is 19.6. The Bertz CT molecular complexity index is 250. The zero-order valence-electron chi connectivity index (χ0n) is 9.15. The highest BCUT2D eigenvalue weighted by Crippen LogP contribution is 2.61. The number of thioether (sulfide) groups is 1. The van der Waals surface area contributed by atoms with Crippen molar-refractivity contribution in [3.8, 4) is 0 Å². The maximum atomic E-state index is 5.49. The van der Waals surface area contributed by atoms with E-state index in [0.29, 0.717) is 17.7 Å². The molecule has 96 valence electrons. The monoisotopic (exact) mass is 340 g/mol. The van der Waals surface area contributed by atoms with Gasteiger partial charge in [-0.15, -0.1) is 11.8 Å². The predicted octanol–water partition coefficient (Wildman–Crippen LogP) is 5.03. The van der Waals surface area contributed by atoms with Gasteiger partial charge in [0.05, 0.1) is 13.2 Å². The van der Waals surface area contributed by atoms with E-state index in [1.807, 2.05) is 13.8 Å². The first kappa shape index (κ1) is 17.6. The summed E-state index contributed by atoms with van der Waals surface area (Å²) in [6, 6.07) is 0. The molecule has 0 aromatic heterocycles. The van der Waals surface area contributed by atoms with E-state index < -0.39 is 5.69 Å². The molecule has 0 aromatic carbocycles. The number of hydrogen-bond donors (Lipinski definition) is 0. The van der Waals surface area contributed by atoms with Crippen LogP contribution in [0.3, 0.4) is 0 Å². The van der Waals surface area contributed by atoms with Crippen molar-refractivity contribution in [2.75, 3.05) is 24.1 Å². The fraction of sp³-hybridized carbons (Fsp3) is 0.750. The second-order valence-corrected chi connectivity index (χ2v) is 11.1. The molecule has 0 aromatic rings. The highest BCUT2D eigenvalue weighted by atomic mass is 35.5. The zero-order valence-corrected chi connectivity index (χ0v) is 14.0.